The number of hydrogen-bond acceptors (Lipinski definition) is 2. The Bertz CT molecular complexity index is 832. The molecule has 3 rings (SSSR count). The van der Waals surface area contributed by atoms with Crippen LogP contribution in [0.4, 0.5) is 13.2 Å². The number of amides is 2. The lowest BCUT2D eigenvalue weighted by molar-refractivity contribution is -0.121. The maximum absolute atomic E-state index is 13.8. The van der Waals surface area contributed by atoms with Gasteiger partial charge in [-0.3, -0.25) is 9.59 Å². The first-order chi connectivity index (χ1) is 12.9. The number of rotatable bonds is 4. The van der Waals surface area contributed by atoms with E-state index in [-0.39, 0.29) is 29.8 Å². The fourth-order valence-corrected chi connectivity index (χ4v) is 3.13. The van der Waals surface area contributed by atoms with Crippen molar-refractivity contribution in [3.63, 3.8) is 0 Å². The Morgan fingerprint density at radius 3 is 2.22 bits per heavy atom. The van der Waals surface area contributed by atoms with Crippen LogP contribution < -0.4 is 5.32 Å². The van der Waals surface area contributed by atoms with Crippen molar-refractivity contribution < 1.29 is 22.8 Å². The molecule has 1 aliphatic heterocycles. The molecule has 0 atom stereocenters. The summed E-state index contributed by atoms with van der Waals surface area (Å²) in [5, 5.41) is 2.91. The molecule has 2 aromatic carbocycles. The van der Waals surface area contributed by atoms with Crippen molar-refractivity contribution in [1.82, 2.24) is 10.2 Å². The van der Waals surface area contributed by atoms with Crippen LogP contribution in [0.25, 0.3) is 0 Å². The molecule has 1 aliphatic rings. The smallest absolute Gasteiger partial charge is 0.256 e. The van der Waals surface area contributed by atoms with Gasteiger partial charge in [0.2, 0.25) is 5.91 Å². The van der Waals surface area contributed by atoms with Crippen LogP contribution in [-0.2, 0) is 11.2 Å². The molecule has 1 saturated heterocycles. The van der Waals surface area contributed by atoms with Gasteiger partial charge in [0.15, 0.2) is 0 Å². The quantitative estimate of drug-likeness (QED) is 0.892. The van der Waals surface area contributed by atoms with Crippen LogP contribution in [0.5, 0.6) is 0 Å². The van der Waals surface area contributed by atoms with Crippen molar-refractivity contribution in [3.8, 4) is 0 Å². The van der Waals surface area contributed by atoms with Crippen molar-refractivity contribution >= 4 is 11.8 Å². The van der Waals surface area contributed by atoms with E-state index < -0.39 is 17.5 Å². The van der Waals surface area contributed by atoms with Gasteiger partial charge in [-0.05, 0) is 42.7 Å². The van der Waals surface area contributed by atoms with Gasteiger partial charge < -0.3 is 10.2 Å². The van der Waals surface area contributed by atoms with Crippen LogP contribution in [0.15, 0.2) is 42.5 Å². The molecular formula is C20H19F3N2O2. The number of carbonyl (C=O) groups excluding carboxylic acids is 2. The van der Waals surface area contributed by atoms with E-state index in [4.69, 9.17) is 0 Å². The van der Waals surface area contributed by atoms with Crippen molar-refractivity contribution in [2.75, 3.05) is 13.1 Å². The molecular weight excluding hydrogens is 357 g/mol. The summed E-state index contributed by atoms with van der Waals surface area (Å²) in [5.74, 6) is -2.62. The molecule has 142 valence electrons. The minimum atomic E-state index is -0.880. The van der Waals surface area contributed by atoms with Crippen LogP contribution in [0.2, 0.25) is 0 Å². The summed E-state index contributed by atoms with van der Waals surface area (Å²) in [6.07, 6.45) is 1.24. The number of nitrogens with zero attached hydrogens (tertiary/aromatic N) is 1. The summed E-state index contributed by atoms with van der Waals surface area (Å²) in [6, 6.07) is 8.54. The highest BCUT2D eigenvalue weighted by Gasteiger charge is 2.26. The monoisotopic (exact) mass is 376 g/mol. The zero-order valence-electron chi connectivity index (χ0n) is 14.6. The molecule has 0 aliphatic carbocycles. The maximum Gasteiger partial charge on any atom is 0.256 e. The Balaban J connectivity index is 1.50. The number of hydrogen-bond donors (Lipinski definition) is 1. The van der Waals surface area contributed by atoms with Gasteiger partial charge >= 0.3 is 0 Å². The summed E-state index contributed by atoms with van der Waals surface area (Å²) >= 11 is 0. The molecule has 2 aromatic rings. The van der Waals surface area contributed by atoms with Gasteiger partial charge in [0.1, 0.15) is 17.5 Å². The van der Waals surface area contributed by atoms with Gasteiger partial charge in [0.25, 0.3) is 5.91 Å². The van der Waals surface area contributed by atoms with E-state index in [0.29, 0.717) is 37.6 Å². The summed E-state index contributed by atoms with van der Waals surface area (Å²) in [6.45, 7) is 0.744. The number of halogens is 3. The fourth-order valence-electron chi connectivity index (χ4n) is 3.13. The standard InChI is InChI=1S/C20H19F3N2O2/c21-14-3-1-13(2-4-14)11-19(26)24-16-7-9-25(10-8-16)20(27)17-6-5-15(22)12-18(17)23/h1-6,12,16H,7-11H2,(H,24,26). The Hall–Kier alpha value is -2.83. The van der Waals surface area contributed by atoms with E-state index in [1.54, 1.807) is 12.1 Å². The number of carbonyl (C=O) groups is 2. The molecule has 0 bridgehead atoms. The molecule has 1 fully saturated rings. The van der Waals surface area contributed by atoms with Gasteiger partial charge in [-0.15, -0.1) is 0 Å². The third-order valence-electron chi connectivity index (χ3n) is 4.59. The SMILES string of the molecule is O=C(Cc1ccc(F)cc1)NC1CCN(C(=O)c2ccc(F)cc2F)CC1. The zero-order chi connectivity index (χ0) is 19.4. The largest absolute Gasteiger partial charge is 0.353 e. The van der Waals surface area contributed by atoms with E-state index >= 15 is 0 Å². The molecule has 1 N–H and O–H groups in total. The molecule has 27 heavy (non-hydrogen) atoms. The molecule has 4 nitrogen and oxygen atoms in total. The third kappa shape index (κ3) is 4.87. The minimum absolute atomic E-state index is 0.0833. The van der Waals surface area contributed by atoms with Gasteiger partial charge in [-0.2, -0.15) is 0 Å². The van der Waals surface area contributed by atoms with Crippen molar-refractivity contribution in [1.29, 1.82) is 0 Å². The highest BCUT2D eigenvalue weighted by molar-refractivity contribution is 5.94. The Kier molecular flexibility index (Phi) is 5.78. The first kappa shape index (κ1) is 18.9. The highest BCUT2D eigenvalue weighted by Crippen LogP contribution is 2.17. The van der Waals surface area contributed by atoms with Gasteiger partial charge in [-0.25, -0.2) is 13.2 Å². The van der Waals surface area contributed by atoms with Crippen LogP contribution in [0.3, 0.4) is 0 Å². The number of likely N-dealkylation sites (tertiary alicyclic amines) is 1. The molecule has 0 aromatic heterocycles. The van der Waals surface area contributed by atoms with Gasteiger partial charge in [-0.1, -0.05) is 12.1 Å². The predicted molar refractivity (Wildman–Crippen MR) is 93.5 cm³/mol. The van der Waals surface area contributed by atoms with Crippen LogP contribution in [0.1, 0.15) is 28.8 Å². The van der Waals surface area contributed by atoms with E-state index in [9.17, 15) is 22.8 Å². The fraction of sp³-hybridized carbons (Fsp3) is 0.300. The normalized spacial score (nSPS) is 14.9. The zero-order valence-corrected chi connectivity index (χ0v) is 14.6. The van der Waals surface area contributed by atoms with Crippen molar-refractivity contribution in [2.45, 2.75) is 25.3 Å². The molecule has 1 heterocycles. The first-order valence-corrected chi connectivity index (χ1v) is 8.70. The molecule has 0 unspecified atom stereocenters. The summed E-state index contributed by atoms with van der Waals surface area (Å²) in [5.41, 5.74) is 0.559. The first-order valence-electron chi connectivity index (χ1n) is 8.70. The lowest BCUT2D eigenvalue weighted by atomic mass is 10.0. The summed E-state index contributed by atoms with van der Waals surface area (Å²) < 4.78 is 39.6. The van der Waals surface area contributed by atoms with Gasteiger partial charge in [0.05, 0.1) is 12.0 Å². The molecule has 0 radical (unpaired) electrons. The average molecular weight is 376 g/mol. The van der Waals surface area contributed by atoms with E-state index in [0.717, 1.165) is 12.1 Å². The number of benzene rings is 2. The van der Waals surface area contributed by atoms with Gasteiger partial charge in [0, 0.05) is 25.2 Å². The second-order valence-corrected chi connectivity index (χ2v) is 6.56. The second kappa shape index (κ2) is 8.24. The molecule has 2 amide bonds. The molecule has 7 heteroatoms. The molecule has 0 spiro atoms. The van der Waals surface area contributed by atoms with E-state index in [1.165, 1.54) is 17.0 Å². The lowest BCUT2D eigenvalue weighted by Crippen LogP contribution is -2.47. The van der Waals surface area contributed by atoms with Crippen LogP contribution in [-0.4, -0.2) is 35.8 Å². The maximum atomic E-state index is 13.8. The number of piperidine rings is 1. The van der Waals surface area contributed by atoms with E-state index in [2.05, 4.69) is 5.32 Å². The van der Waals surface area contributed by atoms with Crippen molar-refractivity contribution in [3.05, 3.63) is 71.0 Å². The Morgan fingerprint density at radius 2 is 1.59 bits per heavy atom. The van der Waals surface area contributed by atoms with Crippen LogP contribution in [0, 0.1) is 17.5 Å². The average Bonchev–Trinajstić information content (AvgIpc) is 2.64. The molecule has 0 saturated carbocycles. The predicted octanol–water partition coefficient (Wildman–Crippen LogP) is 3.07. The minimum Gasteiger partial charge on any atom is -0.353 e. The Labute approximate surface area is 155 Å². The number of nitrogens with one attached hydrogen (secondary N) is 1. The topological polar surface area (TPSA) is 49.4 Å². The van der Waals surface area contributed by atoms with Crippen LogP contribution >= 0.6 is 0 Å². The summed E-state index contributed by atoms with van der Waals surface area (Å²) in [7, 11) is 0. The second-order valence-electron chi connectivity index (χ2n) is 6.56. The third-order valence-corrected chi connectivity index (χ3v) is 4.59. The highest BCUT2D eigenvalue weighted by atomic mass is 19.1. The Morgan fingerprint density at radius 1 is 0.963 bits per heavy atom. The summed E-state index contributed by atoms with van der Waals surface area (Å²) in [4.78, 5) is 26.0. The van der Waals surface area contributed by atoms with Crippen molar-refractivity contribution in [2.24, 2.45) is 0 Å². The lowest BCUT2D eigenvalue weighted by Gasteiger charge is -2.32. The van der Waals surface area contributed by atoms with E-state index in [1.807, 2.05) is 0 Å².